The Bertz CT molecular complexity index is 988. The van der Waals surface area contributed by atoms with Crippen molar-refractivity contribution in [3.63, 3.8) is 0 Å². The molecule has 1 N–H and O–H groups in total. The first-order valence-corrected chi connectivity index (χ1v) is 8.46. The van der Waals surface area contributed by atoms with Crippen molar-refractivity contribution >= 4 is 23.2 Å². The average Bonchev–Trinajstić information content (AvgIpc) is 3.32. The van der Waals surface area contributed by atoms with Crippen LogP contribution in [0, 0.1) is 11.7 Å². The number of hydrogen-bond acceptors (Lipinski definition) is 4. The molecule has 1 aromatic heterocycles. The fourth-order valence-corrected chi connectivity index (χ4v) is 3.14. The van der Waals surface area contributed by atoms with Crippen molar-refractivity contribution < 1.29 is 18.4 Å². The van der Waals surface area contributed by atoms with Gasteiger partial charge in [0.05, 0.1) is 17.8 Å². The van der Waals surface area contributed by atoms with E-state index in [9.17, 15) is 14.0 Å². The molecule has 1 saturated heterocycles. The maximum Gasteiger partial charge on any atom is 0.229 e. The van der Waals surface area contributed by atoms with Gasteiger partial charge in [0, 0.05) is 24.2 Å². The molecule has 7 heteroatoms. The van der Waals surface area contributed by atoms with E-state index in [1.54, 1.807) is 36.5 Å². The molecule has 27 heavy (non-hydrogen) atoms. The van der Waals surface area contributed by atoms with Crippen LogP contribution in [0.3, 0.4) is 0 Å². The molecule has 1 aliphatic rings. The quantitative estimate of drug-likeness (QED) is 0.768. The smallest absolute Gasteiger partial charge is 0.229 e. The lowest BCUT2D eigenvalue weighted by atomic mass is 10.1. The fourth-order valence-electron chi connectivity index (χ4n) is 3.14. The molecule has 1 aliphatic heterocycles. The van der Waals surface area contributed by atoms with Crippen molar-refractivity contribution in [2.24, 2.45) is 5.92 Å². The number of oxazole rings is 1. The summed E-state index contributed by atoms with van der Waals surface area (Å²) in [7, 11) is 0. The summed E-state index contributed by atoms with van der Waals surface area (Å²) in [6.45, 7) is 0.146. The number of anilines is 2. The van der Waals surface area contributed by atoms with Crippen molar-refractivity contribution in [2.45, 2.75) is 6.42 Å². The normalized spacial score (nSPS) is 16.6. The van der Waals surface area contributed by atoms with E-state index in [-0.39, 0.29) is 30.5 Å². The number of halogens is 1. The Morgan fingerprint density at radius 3 is 2.85 bits per heavy atom. The number of hydrogen-bond donors (Lipinski definition) is 1. The predicted molar refractivity (Wildman–Crippen MR) is 97.4 cm³/mol. The lowest BCUT2D eigenvalue weighted by Crippen LogP contribution is -2.28. The van der Waals surface area contributed by atoms with Crippen molar-refractivity contribution in [1.82, 2.24) is 4.98 Å². The highest BCUT2D eigenvalue weighted by Gasteiger charge is 2.36. The minimum absolute atomic E-state index is 0.0436. The van der Waals surface area contributed by atoms with Crippen LogP contribution in [-0.2, 0) is 9.59 Å². The molecule has 6 nitrogen and oxygen atoms in total. The average molecular weight is 365 g/mol. The summed E-state index contributed by atoms with van der Waals surface area (Å²) in [5.74, 6) is -0.988. The van der Waals surface area contributed by atoms with Crippen LogP contribution >= 0.6 is 0 Å². The van der Waals surface area contributed by atoms with Gasteiger partial charge in [0.2, 0.25) is 11.8 Å². The highest BCUT2D eigenvalue weighted by molar-refractivity contribution is 6.03. The molecule has 1 fully saturated rings. The third kappa shape index (κ3) is 3.44. The van der Waals surface area contributed by atoms with Crippen LogP contribution in [-0.4, -0.2) is 23.3 Å². The molecule has 0 radical (unpaired) electrons. The van der Waals surface area contributed by atoms with Gasteiger partial charge in [0.15, 0.2) is 12.2 Å². The largest absolute Gasteiger partial charge is 0.444 e. The highest BCUT2D eigenvalue weighted by atomic mass is 19.1. The molecule has 4 rings (SSSR count). The summed E-state index contributed by atoms with van der Waals surface area (Å²) in [6, 6.07) is 13.2. The van der Waals surface area contributed by atoms with Gasteiger partial charge in [-0.3, -0.25) is 9.59 Å². The maximum atomic E-state index is 14.0. The monoisotopic (exact) mass is 365 g/mol. The Hall–Kier alpha value is -3.48. The third-order valence-electron chi connectivity index (χ3n) is 4.49. The molecule has 0 saturated carbocycles. The molecule has 0 aliphatic carbocycles. The first-order chi connectivity index (χ1) is 13.1. The Kier molecular flexibility index (Phi) is 4.42. The number of nitrogens with one attached hydrogen (secondary N) is 1. The number of amides is 2. The summed E-state index contributed by atoms with van der Waals surface area (Å²) in [6.07, 6.45) is 2.97. The second kappa shape index (κ2) is 7.03. The number of para-hydroxylation sites is 1. The van der Waals surface area contributed by atoms with Crippen molar-refractivity contribution in [2.75, 3.05) is 16.8 Å². The summed E-state index contributed by atoms with van der Waals surface area (Å²) in [4.78, 5) is 30.1. The number of carbonyl (C=O) groups is 2. The van der Waals surface area contributed by atoms with Crippen LogP contribution in [0.25, 0.3) is 11.3 Å². The van der Waals surface area contributed by atoms with Gasteiger partial charge in [-0.05, 0) is 24.3 Å². The standard InChI is InChI=1S/C20H16FN3O3/c21-16-6-1-2-7-17(16)24-11-14(9-19(24)25)20(26)23-15-5-3-4-13(8-15)18-10-22-12-27-18/h1-8,10,12,14H,9,11H2,(H,23,26). The summed E-state index contributed by atoms with van der Waals surface area (Å²) >= 11 is 0. The zero-order valence-electron chi connectivity index (χ0n) is 14.3. The van der Waals surface area contributed by atoms with E-state index < -0.39 is 11.7 Å². The lowest BCUT2D eigenvalue weighted by Gasteiger charge is -2.17. The zero-order valence-corrected chi connectivity index (χ0v) is 14.3. The number of benzene rings is 2. The number of carbonyl (C=O) groups excluding carboxylic acids is 2. The van der Waals surface area contributed by atoms with E-state index in [0.29, 0.717) is 11.4 Å². The van der Waals surface area contributed by atoms with Crippen molar-refractivity contribution in [3.8, 4) is 11.3 Å². The summed E-state index contributed by atoms with van der Waals surface area (Å²) in [5, 5.41) is 2.82. The molecule has 3 aromatic rings. The van der Waals surface area contributed by atoms with Crippen LogP contribution in [0.5, 0.6) is 0 Å². The van der Waals surface area contributed by atoms with E-state index >= 15 is 0 Å². The van der Waals surface area contributed by atoms with Gasteiger partial charge in [0.1, 0.15) is 5.82 Å². The van der Waals surface area contributed by atoms with Crippen LogP contribution in [0.4, 0.5) is 15.8 Å². The van der Waals surface area contributed by atoms with Crippen LogP contribution in [0.1, 0.15) is 6.42 Å². The zero-order chi connectivity index (χ0) is 18.8. The van der Waals surface area contributed by atoms with E-state index in [1.807, 2.05) is 6.07 Å². The molecule has 2 heterocycles. The number of nitrogens with zero attached hydrogens (tertiary/aromatic N) is 2. The van der Waals surface area contributed by atoms with Gasteiger partial charge in [0.25, 0.3) is 0 Å². The fraction of sp³-hybridized carbons (Fsp3) is 0.150. The van der Waals surface area contributed by atoms with Crippen LogP contribution < -0.4 is 10.2 Å². The van der Waals surface area contributed by atoms with Gasteiger partial charge in [-0.15, -0.1) is 0 Å². The molecule has 136 valence electrons. The summed E-state index contributed by atoms with van der Waals surface area (Å²) < 4.78 is 19.2. The number of aromatic nitrogens is 1. The van der Waals surface area contributed by atoms with Gasteiger partial charge < -0.3 is 14.6 Å². The predicted octanol–water partition coefficient (Wildman–Crippen LogP) is 3.47. The van der Waals surface area contributed by atoms with Crippen LogP contribution in [0.15, 0.2) is 65.5 Å². The Morgan fingerprint density at radius 1 is 1.22 bits per heavy atom. The van der Waals surface area contributed by atoms with E-state index in [2.05, 4.69) is 10.3 Å². The molecule has 0 spiro atoms. The van der Waals surface area contributed by atoms with E-state index in [4.69, 9.17) is 4.42 Å². The second-order valence-corrected chi connectivity index (χ2v) is 6.29. The maximum absolute atomic E-state index is 14.0. The molecule has 2 amide bonds. The molecular weight excluding hydrogens is 349 g/mol. The van der Waals surface area contributed by atoms with Gasteiger partial charge >= 0.3 is 0 Å². The van der Waals surface area contributed by atoms with Crippen molar-refractivity contribution in [3.05, 3.63) is 66.9 Å². The SMILES string of the molecule is O=C(Nc1cccc(-c2cnco2)c1)C1CC(=O)N(c2ccccc2F)C1. The molecule has 2 aromatic carbocycles. The Balaban J connectivity index is 1.47. The molecule has 1 unspecified atom stereocenters. The Labute approximate surface area is 154 Å². The lowest BCUT2D eigenvalue weighted by molar-refractivity contribution is -0.122. The van der Waals surface area contributed by atoms with E-state index in [1.165, 1.54) is 23.4 Å². The highest BCUT2D eigenvalue weighted by Crippen LogP contribution is 2.28. The van der Waals surface area contributed by atoms with E-state index in [0.717, 1.165) is 5.56 Å². The number of rotatable bonds is 4. The van der Waals surface area contributed by atoms with Gasteiger partial charge in [-0.2, -0.15) is 0 Å². The molecule has 0 bridgehead atoms. The van der Waals surface area contributed by atoms with Crippen molar-refractivity contribution in [1.29, 1.82) is 0 Å². The third-order valence-corrected chi connectivity index (χ3v) is 4.49. The minimum atomic E-state index is -0.550. The second-order valence-electron chi connectivity index (χ2n) is 6.29. The summed E-state index contributed by atoms with van der Waals surface area (Å²) in [5.41, 5.74) is 1.57. The first kappa shape index (κ1) is 17.0. The topological polar surface area (TPSA) is 75.4 Å². The van der Waals surface area contributed by atoms with Gasteiger partial charge in [-0.25, -0.2) is 9.37 Å². The molecular formula is C20H16FN3O3. The molecule has 1 atom stereocenters. The first-order valence-electron chi connectivity index (χ1n) is 8.46. The Morgan fingerprint density at radius 2 is 2.07 bits per heavy atom. The van der Waals surface area contributed by atoms with Crippen LogP contribution in [0.2, 0.25) is 0 Å². The minimum Gasteiger partial charge on any atom is -0.444 e. The van der Waals surface area contributed by atoms with Gasteiger partial charge in [-0.1, -0.05) is 24.3 Å².